The van der Waals surface area contributed by atoms with Crippen LogP contribution >= 0.6 is 0 Å². The molecule has 2 aliphatic carbocycles. The lowest BCUT2D eigenvalue weighted by Crippen LogP contribution is -2.23. The second-order valence-corrected chi connectivity index (χ2v) is 26.0. The van der Waals surface area contributed by atoms with Crippen molar-refractivity contribution in [3.8, 4) is 44.5 Å². The first-order valence-corrected chi connectivity index (χ1v) is 31.1. The van der Waals surface area contributed by atoms with Crippen LogP contribution in [0.1, 0.15) is 62.4 Å². The van der Waals surface area contributed by atoms with E-state index in [1.54, 1.807) is 0 Å². The lowest BCUT2D eigenvalue weighted by Gasteiger charge is -2.35. The summed E-state index contributed by atoms with van der Waals surface area (Å²) in [5.74, 6) is 0. The summed E-state index contributed by atoms with van der Waals surface area (Å²) in [4.78, 5) is 4.93. The van der Waals surface area contributed by atoms with Crippen molar-refractivity contribution in [2.75, 3.05) is 9.80 Å². The van der Waals surface area contributed by atoms with Crippen LogP contribution < -0.4 is 9.80 Å². The van der Waals surface area contributed by atoms with Crippen LogP contribution in [-0.2, 0) is 17.3 Å². The van der Waals surface area contributed by atoms with Gasteiger partial charge in [0.25, 0.3) is 0 Å². The Labute approximate surface area is 514 Å². The molecule has 0 aromatic heterocycles. The number of fused-ring (bicyclic) bond motifs is 8. The number of para-hydroxylation sites is 1. The molecule has 0 atom stereocenters. The van der Waals surface area contributed by atoms with E-state index >= 15 is 0 Å². The Kier molecular flexibility index (Phi) is 11.6. The lowest BCUT2D eigenvalue weighted by molar-refractivity contribution is 0.590. The fourth-order valence-electron chi connectivity index (χ4n) is 15.3. The van der Waals surface area contributed by atoms with Gasteiger partial charge < -0.3 is 9.80 Å². The van der Waals surface area contributed by atoms with E-state index in [1.165, 1.54) is 137 Å². The number of hydrogen-bond donors (Lipinski definition) is 0. The molecule has 2 heteroatoms. The van der Waals surface area contributed by atoms with E-state index in [0.29, 0.717) is 0 Å². The van der Waals surface area contributed by atoms with Crippen LogP contribution in [0.4, 0.5) is 34.1 Å². The monoisotopic (exact) mass is 1120 g/mol. The quantitative estimate of drug-likeness (QED) is 0.140. The van der Waals surface area contributed by atoms with Crippen molar-refractivity contribution in [1.29, 1.82) is 0 Å². The molecule has 0 N–H and O–H groups in total. The van der Waals surface area contributed by atoms with E-state index in [4.69, 9.17) is 0 Å². The largest absolute Gasteiger partial charge is 0.310 e. The molecule has 0 spiro atoms. The molecular formula is C86H64N2. The van der Waals surface area contributed by atoms with Gasteiger partial charge in [-0.15, -0.1) is 0 Å². The summed E-state index contributed by atoms with van der Waals surface area (Å²) in [5.41, 5.74) is 23.2. The first-order chi connectivity index (χ1) is 43.0. The summed E-state index contributed by atoms with van der Waals surface area (Å²) in [5, 5.41) is 14.8. The van der Waals surface area contributed by atoms with Gasteiger partial charge >= 0.3 is 0 Å². The highest BCUT2D eigenvalue weighted by atomic mass is 15.1. The van der Waals surface area contributed by atoms with Gasteiger partial charge in [0.2, 0.25) is 0 Å². The fourth-order valence-corrected chi connectivity index (χ4v) is 15.3. The van der Waals surface area contributed by atoms with E-state index in [2.05, 4.69) is 330 Å². The SMILES string of the molecule is CC(C)(C)c1ccc(N(c2ccc3ccccc3c2)c2ccc3c(-c4ccc5c6c(cccc46)C(C)(C)c4ccccc4-5)c4cc(N(c5ccccc5)c5ccc6ccccc6c5)ccc4c(-c4ccc5c6c(cccc46)Cc4ccccc4-5)c3c2)cc1. The van der Waals surface area contributed by atoms with Gasteiger partial charge in [-0.2, -0.15) is 0 Å². The van der Waals surface area contributed by atoms with Crippen molar-refractivity contribution in [2.45, 2.75) is 51.9 Å². The van der Waals surface area contributed by atoms with Crippen molar-refractivity contribution in [1.82, 2.24) is 0 Å². The van der Waals surface area contributed by atoms with Gasteiger partial charge in [0.05, 0.1) is 0 Å². The van der Waals surface area contributed by atoms with Crippen molar-refractivity contribution < 1.29 is 0 Å². The highest BCUT2D eigenvalue weighted by Gasteiger charge is 2.35. The van der Waals surface area contributed by atoms with Crippen LogP contribution in [0, 0.1) is 0 Å². The van der Waals surface area contributed by atoms with Gasteiger partial charge in [-0.1, -0.05) is 247 Å². The van der Waals surface area contributed by atoms with Crippen LogP contribution in [0.3, 0.4) is 0 Å². The first kappa shape index (κ1) is 51.8. The summed E-state index contributed by atoms with van der Waals surface area (Å²) in [6, 6.07) is 108. The summed E-state index contributed by atoms with van der Waals surface area (Å²) in [7, 11) is 0. The van der Waals surface area contributed by atoms with Gasteiger partial charge in [-0.3, -0.25) is 0 Å². The molecule has 17 rings (SSSR count). The van der Waals surface area contributed by atoms with Crippen LogP contribution in [0.2, 0.25) is 0 Å². The minimum absolute atomic E-state index is 0.00325. The van der Waals surface area contributed by atoms with E-state index in [1.807, 2.05) is 0 Å². The first-order valence-electron chi connectivity index (χ1n) is 31.1. The van der Waals surface area contributed by atoms with Gasteiger partial charge in [0, 0.05) is 39.5 Å². The Hall–Kier alpha value is -10.5. The summed E-state index contributed by atoms with van der Waals surface area (Å²) < 4.78 is 0. The molecule has 2 aliphatic rings. The fraction of sp³-hybridized carbons (Fsp3) is 0.0930. The van der Waals surface area contributed by atoms with E-state index in [-0.39, 0.29) is 10.8 Å². The van der Waals surface area contributed by atoms with Gasteiger partial charge in [0.15, 0.2) is 0 Å². The molecular weight excluding hydrogens is 1060 g/mol. The average molecular weight is 1130 g/mol. The van der Waals surface area contributed by atoms with E-state index in [0.717, 1.165) is 40.5 Å². The molecule has 0 amide bonds. The second kappa shape index (κ2) is 19.8. The standard InChI is InChI=1S/C86H64N2/c1-85(2,3)60-35-39-62(40-36-60)88(64-38-34-55-20-10-12-22-57(55)51-64)66-42-44-76-77(53-66)82(73-47-45-71-67-27-14-13-23-58(67)49-59-24-17-29-69(73)81(59)71)75-43-41-65(87(61-25-7-6-8-26-61)63-37-33-54-19-9-11-21-56(54)50-63)52-78(75)83(76)74-48-46-72-68-28-15-16-31-79(68)86(4,5)80-32-18-30-70(74)84(72)80/h6-48,50-53H,49H2,1-5H3. The Balaban J connectivity index is 1.02. The molecule has 418 valence electrons. The average Bonchev–Trinajstić information content (AvgIpc) is 0.867. The predicted molar refractivity (Wildman–Crippen MR) is 376 cm³/mol. The second-order valence-electron chi connectivity index (χ2n) is 26.0. The highest BCUT2D eigenvalue weighted by Crippen LogP contribution is 2.55. The lowest BCUT2D eigenvalue weighted by atomic mass is 9.68. The Morgan fingerprint density at radius 3 is 1.34 bits per heavy atom. The van der Waals surface area contributed by atoms with Crippen LogP contribution in [0.25, 0.3) is 109 Å². The molecule has 15 aromatic rings. The van der Waals surface area contributed by atoms with Gasteiger partial charge in [-0.05, 0) is 222 Å². The third kappa shape index (κ3) is 8.09. The number of nitrogens with zero attached hydrogens (tertiary/aromatic N) is 2. The van der Waals surface area contributed by atoms with Crippen LogP contribution in [-0.4, -0.2) is 0 Å². The van der Waals surface area contributed by atoms with Crippen LogP contribution in [0.15, 0.2) is 285 Å². The summed E-state index contributed by atoms with van der Waals surface area (Å²) in [6.07, 6.45) is 0.892. The van der Waals surface area contributed by atoms with Crippen molar-refractivity contribution in [2.24, 2.45) is 0 Å². The number of benzene rings is 15. The maximum absolute atomic E-state index is 2.52. The van der Waals surface area contributed by atoms with Gasteiger partial charge in [-0.25, -0.2) is 0 Å². The maximum Gasteiger partial charge on any atom is 0.0468 e. The Morgan fingerprint density at radius 1 is 0.284 bits per heavy atom. The summed E-state index contributed by atoms with van der Waals surface area (Å²) >= 11 is 0. The Bertz CT molecular complexity index is 5370. The smallest absolute Gasteiger partial charge is 0.0468 e. The van der Waals surface area contributed by atoms with Crippen molar-refractivity contribution in [3.05, 3.63) is 313 Å². The Morgan fingerprint density at radius 2 is 0.727 bits per heavy atom. The molecule has 0 unspecified atom stereocenters. The molecule has 0 fully saturated rings. The van der Waals surface area contributed by atoms with E-state index < -0.39 is 0 Å². The summed E-state index contributed by atoms with van der Waals surface area (Å²) in [6.45, 7) is 11.7. The molecule has 0 heterocycles. The van der Waals surface area contributed by atoms with E-state index in [9.17, 15) is 0 Å². The zero-order chi connectivity index (χ0) is 59.0. The molecule has 88 heavy (non-hydrogen) atoms. The predicted octanol–water partition coefficient (Wildman–Crippen LogP) is 24.1. The topological polar surface area (TPSA) is 6.48 Å². The number of hydrogen-bond acceptors (Lipinski definition) is 2. The molecule has 0 saturated heterocycles. The molecule has 0 radical (unpaired) electrons. The van der Waals surface area contributed by atoms with Crippen molar-refractivity contribution in [3.63, 3.8) is 0 Å². The highest BCUT2D eigenvalue weighted by molar-refractivity contribution is 6.28. The zero-order valence-corrected chi connectivity index (χ0v) is 50.2. The normalized spacial score (nSPS) is 13.1. The third-order valence-corrected chi connectivity index (χ3v) is 19.5. The molecule has 0 saturated carbocycles. The minimum Gasteiger partial charge on any atom is -0.310 e. The maximum atomic E-state index is 2.52. The number of rotatable bonds is 8. The minimum atomic E-state index is -0.222. The molecule has 0 bridgehead atoms. The molecule has 0 aliphatic heterocycles. The molecule has 2 nitrogen and oxygen atoms in total. The zero-order valence-electron chi connectivity index (χ0n) is 50.2. The van der Waals surface area contributed by atoms with Crippen LogP contribution in [0.5, 0.6) is 0 Å². The van der Waals surface area contributed by atoms with Crippen molar-refractivity contribution >= 4 is 98.8 Å². The van der Waals surface area contributed by atoms with Gasteiger partial charge in [0.1, 0.15) is 0 Å². The third-order valence-electron chi connectivity index (χ3n) is 19.5. The molecule has 15 aromatic carbocycles. The number of anilines is 6.